The molecule has 1 aromatic carbocycles. The van der Waals surface area contributed by atoms with Gasteiger partial charge in [-0.15, -0.1) is 0 Å². The fourth-order valence-electron chi connectivity index (χ4n) is 7.75. The molecular formula is C30H42N2O2. The average molecular weight is 463 g/mol. The van der Waals surface area contributed by atoms with Gasteiger partial charge in [-0.25, -0.2) is 4.98 Å². The lowest BCUT2D eigenvalue weighted by Gasteiger charge is -2.51. The first-order chi connectivity index (χ1) is 16.5. The van der Waals surface area contributed by atoms with E-state index in [1.165, 1.54) is 48.8 Å². The molecule has 3 aliphatic carbocycles. The van der Waals surface area contributed by atoms with E-state index in [1.54, 1.807) is 0 Å². The molecule has 0 spiro atoms. The third kappa shape index (κ3) is 4.46. The maximum absolute atomic E-state index is 9.93. The third-order valence-corrected chi connectivity index (χ3v) is 9.72. The molecule has 0 amide bonds. The fraction of sp³-hybridized carbons (Fsp3) is 0.633. The van der Waals surface area contributed by atoms with E-state index in [0.717, 1.165) is 62.7 Å². The number of aromatic nitrogens is 1. The lowest BCUT2D eigenvalue weighted by molar-refractivity contribution is 0.0218. The van der Waals surface area contributed by atoms with Crippen molar-refractivity contribution in [1.29, 1.82) is 0 Å². The highest BCUT2D eigenvalue weighted by atomic mass is 16.5. The maximum atomic E-state index is 9.93. The topological polar surface area (TPSA) is 45.6 Å². The molecule has 34 heavy (non-hydrogen) atoms. The van der Waals surface area contributed by atoms with Gasteiger partial charge in [0.15, 0.2) is 0 Å². The molecule has 5 rings (SSSR count). The van der Waals surface area contributed by atoms with Crippen LogP contribution in [0.5, 0.6) is 11.6 Å². The highest BCUT2D eigenvalue weighted by Crippen LogP contribution is 2.63. The number of hydrogen-bond donors (Lipinski definition) is 1. The van der Waals surface area contributed by atoms with Crippen molar-refractivity contribution in [3.05, 3.63) is 53.2 Å². The molecule has 184 valence electrons. The Bertz CT molecular complexity index is 970. The van der Waals surface area contributed by atoms with Gasteiger partial charge in [-0.3, -0.25) is 4.90 Å². The van der Waals surface area contributed by atoms with E-state index in [-0.39, 0.29) is 0 Å². The van der Waals surface area contributed by atoms with Crippen LogP contribution in [0.25, 0.3) is 0 Å². The van der Waals surface area contributed by atoms with Crippen LogP contribution < -0.4 is 4.74 Å². The van der Waals surface area contributed by atoms with Gasteiger partial charge in [0.25, 0.3) is 0 Å². The fourth-order valence-corrected chi connectivity index (χ4v) is 7.75. The number of benzene rings is 1. The summed E-state index contributed by atoms with van der Waals surface area (Å²) in [5.41, 5.74) is 4.62. The average Bonchev–Trinajstić information content (AvgIpc) is 3.19. The molecule has 1 aromatic heterocycles. The highest BCUT2D eigenvalue weighted by Gasteiger charge is 2.54. The Kier molecular flexibility index (Phi) is 6.88. The molecule has 2 aromatic rings. The molecule has 4 heteroatoms. The molecule has 5 unspecified atom stereocenters. The van der Waals surface area contributed by atoms with Crippen molar-refractivity contribution >= 4 is 0 Å². The van der Waals surface area contributed by atoms with Gasteiger partial charge in [0.1, 0.15) is 5.75 Å². The molecule has 4 nitrogen and oxygen atoms in total. The predicted octanol–water partition coefficient (Wildman–Crippen LogP) is 6.57. The summed E-state index contributed by atoms with van der Waals surface area (Å²) in [5, 5.41) is 9.93. The minimum Gasteiger partial charge on any atom is -0.508 e. The first-order valence-electron chi connectivity index (χ1n) is 13.6. The van der Waals surface area contributed by atoms with E-state index in [4.69, 9.17) is 4.74 Å². The Morgan fingerprint density at radius 2 is 1.94 bits per heavy atom. The van der Waals surface area contributed by atoms with Crippen LogP contribution >= 0.6 is 0 Å². The number of fused-ring (bicyclic) bond motifs is 5. The molecule has 0 aliphatic heterocycles. The van der Waals surface area contributed by atoms with Gasteiger partial charge >= 0.3 is 0 Å². The maximum Gasteiger partial charge on any atom is 0.213 e. The summed E-state index contributed by atoms with van der Waals surface area (Å²) in [6, 6.07) is 10.3. The minimum absolute atomic E-state index is 0.423. The number of nitrogens with zero attached hydrogens (tertiary/aromatic N) is 2. The lowest BCUT2D eigenvalue weighted by Crippen LogP contribution is -2.42. The molecule has 3 aliphatic rings. The highest BCUT2D eigenvalue weighted by molar-refractivity contribution is 5.40. The minimum atomic E-state index is 0.423. The van der Waals surface area contributed by atoms with Gasteiger partial charge in [-0.2, -0.15) is 0 Å². The number of ether oxygens (including phenoxy) is 1. The Hall–Kier alpha value is -2.07. The van der Waals surface area contributed by atoms with E-state index >= 15 is 0 Å². The molecule has 5 atom stereocenters. The molecular weight excluding hydrogens is 420 g/mol. The van der Waals surface area contributed by atoms with Crippen LogP contribution in [0.2, 0.25) is 0 Å². The standard InChI is InChI=1S/C30H42N2O2/c1-4-32(5-2)20-21-6-13-29(31-19-21)34-17-15-23-8-12-28-27-10-7-22-18-24(33)9-11-25(22)26(27)14-16-30(23,28)3/h6,9,11,13,18-19,23,26-28,33H,4-5,7-8,10,12,14-17,20H2,1-3H3. The smallest absolute Gasteiger partial charge is 0.213 e. The lowest BCUT2D eigenvalue weighted by atomic mass is 9.54. The molecule has 0 radical (unpaired) electrons. The summed E-state index contributed by atoms with van der Waals surface area (Å²) in [6.45, 7) is 10.8. The van der Waals surface area contributed by atoms with E-state index < -0.39 is 0 Å². The van der Waals surface area contributed by atoms with E-state index in [1.807, 2.05) is 24.4 Å². The van der Waals surface area contributed by atoms with Crippen molar-refractivity contribution in [2.24, 2.45) is 23.2 Å². The number of phenols is 1. The van der Waals surface area contributed by atoms with Crippen LogP contribution in [0.4, 0.5) is 0 Å². The molecule has 2 fully saturated rings. The monoisotopic (exact) mass is 462 g/mol. The van der Waals surface area contributed by atoms with E-state index in [9.17, 15) is 5.11 Å². The zero-order chi connectivity index (χ0) is 23.7. The van der Waals surface area contributed by atoms with Gasteiger partial charge in [-0.1, -0.05) is 32.9 Å². The molecule has 1 heterocycles. The van der Waals surface area contributed by atoms with Crippen LogP contribution in [0.3, 0.4) is 0 Å². The Morgan fingerprint density at radius 1 is 1.09 bits per heavy atom. The van der Waals surface area contributed by atoms with Crippen LogP contribution in [0, 0.1) is 23.2 Å². The van der Waals surface area contributed by atoms with Crippen molar-refractivity contribution in [3.63, 3.8) is 0 Å². The van der Waals surface area contributed by atoms with Gasteiger partial charge in [0, 0.05) is 18.8 Å². The summed E-state index contributed by atoms with van der Waals surface area (Å²) in [7, 11) is 0. The number of rotatable bonds is 8. The second-order valence-corrected chi connectivity index (χ2v) is 11.2. The number of hydrogen-bond acceptors (Lipinski definition) is 4. The number of phenolic OH excluding ortho intramolecular Hbond substituents is 1. The SMILES string of the molecule is CCN(CC)Cc1ccc(OCCC2CCC3C4CCc5cc(O)ccc5C4CCC23C)nc1. The van der Waals surface area contributed by atoms with E-state index in [0.29, 0.717) is 17.1 Å². The predicted molar refractivity (Wildman–Crippen MR) is 137 cm³/mol. The van der Waals surface area contributed by atoms with Crippen LogP contribution in [-0.2, 0) is 13.0 Å². The summed E-state index contributed by atoms with van der Waals surface area (Å²) in [6.07, 6.45) is 10.8. The molecule has 2 saturated carbocycles. The zero-order valence-corrected chi connectivity index (χ0v) is 21.3. The second kappa shape index (κ2) is 9.89. The largest absolute Gasteiger partial charge is 0.508 e. The van der Waals surface area contributed by atoms with Gasteiger partial charge < -0.3 is 9.84 Å². The van der Waals surface area contributed by atoms with E-state index in [2.05, 4.69) is 42.8 Å². The first-order valence-corrected chi connectivity index (χ1v) is 13.6. The van der Waals surface area contributed by atoms with Crippen LogP contribution in [-0.4, -0.2) is 34.7 Å². The summed E-state index contributed by atoms with van der Waals surface area (Å²) < 4.78 is 6.12. The Balaban J connectivity index is 1.17. The second-order valence-electron chi connectivity index (χ2n) is 11.2. The summed E-state index contributed by atoms with van der Waals surface area (Å²) in [5.74, 6) is 4.26. The van der Waals surface area contributed by atoms with Crippen molar-refractivity contribution in [1.82, 2.24) is 9.88 Å². The normalized spacial score (nSPS) is 30.0. The van der Waals surface area contributed by atoms with Crippen molar-refractivity contribution in [2.75, 3.05) is 19.7 Å². The quantitative estimate of drug-likeness (QED) is 0.482. The number of aryl methyl sites for hydroxylation is 1. The first kappa shape index (κ1) is 23.7. The number of pyridine rings is 1. The van der Waals surface area contributed by atoms with Gasteiger partial charge in [0.2, 0.25) is 5.88 Å². The Labute approximate surface area is 205 Å². The van der Waals surface area contributed by atoms with Crippen molar-refractivity contribution in [3.8, 4) is 11.6 Å². The molecule has 0 saturated heterocycles. The molecule has 0 bridgehead atoms. The molecule has 1 N–H and O–H groups in total. The van der Waals surface area contributed by atoms with Crippen LogP contribution in [0.1, 0.15) is 81.9 Å². The van der Waals surface area contributed by atoms with Crippen LogP contribution in [0.15, 0.2) is 36.5 Å². The van der Waals surface area contributed by atoms with Crippen molar-refractivity contribution in [2.45, 2.75) is 78.2 Å². The summed E-state index contributed by atoms with van der Waals surface area (Å²) >= 11 is 0. The Morgan fingerprint density at radius 3 is 2.71 bits per heavy atom. The van der Waals surface area contributed by atoms with Gasteiger partial charge in [0.05, 0.1) is 6.61 Å². The van der Waals surface area contributed by atoms with Crippen molar-refractivity contribution < 1.29 is 9.84 Å². The zero-order valence-electron chi connectivity index (χ0n) is 21.3. The number of aromatic hydroxyl groups is 1. The van der Waals surface area contributed by atoms with Gasteiger partial charge in [-0.05, 0) is 116 Å². The summed E-state index contributed by atoms with van der Waals surface area (Å²) in [4.78, 5) is 6.98. The third-order valence-electron chi connectivity index (χ3n) is 9.72.